The van der Waals surface area contributed by atoms with E-state index in [0.717, 1.165) is 16.6 Å². The molecule has 4 heteroatoms. The highest BCUT2D eigenvalue weighted by Gasteiger charge is 2.38. The fraction of sp³-hybridized carbons (Fsp3) is 0.250. The fourth-order valence-electron chi connectivity index (χ4n) is 3.87. The van der Waals surface area contributed by atoms with Gasteiger partial charge in [-0.2, -0.15) is 0 Å². The fourth-order valence-corrected chi connectivity index (χ4v) is 4.29. The summed E-state index contributed by atoms with van der Waals surface area (Å²) in [4.78, 5) is 11.8. The predicted molar refractivity (Wildman–Crippen MR) is 98.3 cm³/mol. The topological polar surface area (TPSA) is 38.3 Å². The quantitative estimate of drug-likeness (QED) is 0.581. The highest BCUT2D eigenvalue weighted by Crippen LogP contribution is 2.50. The minimum atomic E-state index is -0.287. The molecule has 4 rings (SSSR count). The molecule has 1 N–H and O–H groups in total. The van der Waals surface area contributed by atoms with Gasteiger partial charge >= 0.3 is 5.97 Å². The Morgan fingerprint density at radius 1 is 1.25 bits per heavy atom. The van der Waals surface area contributed by atoms with Gasteiger partial charge in [0.05, 0.1) is 18.7 Å². The van der Waals surface area contributed by atoms with Crippen LogP contribution in [-0.2, 0) is 4.74 Å². The maximum absolute atomic E-state index is 11.8. The molecule has 2 aromatic carbocycles. The number of carbonyl (C=O) groups is 1. The van der Waals surface area contributed by atoms with Gasteiger partial charge in [-0.3, -0.25) is 0 Å². The lowest BCUT2D eigenvalue weighted by molar-refractivity contribution is 0.0600. The number of ether oxygens (including phenoxy) is 1. The van der Waals surface area contributed by atoms with Crippen LogP contribution < -0.4 is 5.32 Å². The number of allylic oxidation sites excluding steroid dienone is 2. The number of esters is 1. The van der Waals surface area contributed by atoms with Crippen LogP contribution in [0.2, 0.25) is 0 Å². The molecule has 3 atom stereocenters. The number of fused-ring (bicyclic) bond motifs is 3. The molecule has 0 bridgehead atoms. The number of nitrogens with one attached hydrogen (secondary N) is 1. The number of hydrogen-bond acceptors (Lipinski definition) is 3. The van der Waals surface area contributed by atoms with Gasteiger partial charge < -0.3 is 10.1 Å². The molecule has 0 saturated heterocycles. The second-order valence-corrected chi connectivity index (χ2v) is 7.24. The van der Waals surface area contributed by atoms with Crippen LogP contribution in [0.25, 0.3) is 0 Å². The Morgan fingerprint density at radius 2 is 2.12 bits per heavy atom. The molecule has 0 radical (unpaired) electrons. The van der Waals surface area contributed by atoms with Crippen LogP contribution in [-0.4, -0.2) is 13.1 Å². The lowest BCUT2D eigenvalue weighted by Crippen LogP contribution is -2.29. The average molecular weight is 384 g/mol. The van der Waals surface area contributed by atoms with Crippen LogP contribution in [0, 0.1) is 5.92 Å². The Balaban J connectivity index is 1.76. The zero-order valence-electron chi connectivity index (χ0n) is 13.3. The third-order valence-electron chi connectivity index (χ3n) is 4.99. The normalized spacial score (nSPS) is 24.0. The van der Waals surface area contributed by atoms with Crippen LogP contribution in [0.5, 0.6) is 0 Å². The summed E-state index contributed by atoms with van der Waals surface area (Å²) < 4.78 is 5.95. The molecule has 0 saturated carbocycles. The molecular formula is C20H18BrNO2. The van der Waals surface area contributed by atoms with Crippen molar-refractivity contribution in [2.75, 3.05) is 12.4 Å². The Hall–Kier alpha value is -2.07. The summed E-state index contributed by atoms with van der Waals surface area (Å²) in [5.41, 5.74) is 4.17. The van der Waals surface area contributed by atoms with E-state index in [1.54, 1.807) is 0 Å². The van der Waals surface area contributed by atoms with E-state index in [1.807, 2.05) is 24.3 Å². The lowest BCUT2D eigenvalue weighted by atomic mass is 9.76. The molecular weight excluding hydrogens is 366 g/mol. The van der Waals surface area contributed by atoms with Crippen molar-refractivity contribution < 1.29 is 9.53 Å². The first-order chi connectivity index (χ1) is 11.7. The highest BCUT2D eigenvalue weighted by atomic mass is 79.9. The first kappa shape index (κ1) is 15.5. The van der Waals surface area contributed by atoms with E-state index in [1.165, 1.54) is 18.2 Å². The smallest absolute Gasteiger partial charge is 0.337 e. The molecule has 0 unspecified atom stereocenters. The van der Waals surface area contributed by atoms with Crippen LogP contribution in [0.4, 0.5) is 5.69 Å². The van der Waals surface area contributed by atoms with Crippen molar-refractivity contribution in [3.8, 4) is 0 Å². The second-order valence-electron chi connectivity index (χ2n) is 6.32. The minimum absolute atomic E-state index is 0.263. The summed E-state index contributed by atoms with van der Waals surface area (Å²) in [6.07, 6.45) is 5.56. The van der Waals surface area contributed by atoms with E-state index in [2.05, 4.69) is 51.6 Å². The number of halogens is 1. The molecule has 1 aliphatic carbocycles. The largest absolute Gasteiger partial charge is 0.465 e. The van der Waals surface area contributed by atoms with Crippen molar-refractivity contribution in [3.63, 3.8) is 0 Å². The molecule has 24 heavy (non-hydrogen) atoms. The lowest BCUT2D eigenvalue weighted by Gasteiger charge is -2.37. The van der Waals surface area contributed by atoms with Crippen LogP contribution in [0.1, 0.15) is 39.9 Å². The highest BCUT2D eigenvalue weighted by molar-refractivity contribution is 9.10. The molecule has 1 aliphatic heterocycles. The molecule has 0 fully saturated rings. The van der Waals surface area contributed by atoms with Gasteiger partial charge in [0.1, 0.15) is 0 Å². The first-order valence-corrected chi connectivity index (χ1v) is 8.87. The van der Waals surface area contributed by atoms with Gasteiger partial charge in [0.2, 0.25) is 0 Å². The van der Waals surface area contributed by atoms with Crippen molar-refractivity contribution in [1.29, 1.82) is 0 Å². The average Bonchev–Trinajstić information content (AvgIpc) is 3.10. The zero-order valence-corrected chi connectivity index (χ0v) is 14.9. The van der Waals surface area contributed by atoms with E-state index in [-0.39, 0.29) is 12.0 Å². The standard InChI is InChI=1S/C20H18BrNO2/c1-24-20(23)13-8-9-18-17(11-13)15-6-3-7-16(15)19(22-18)12-4-2-5-14(21)10-12/h2-6,8-11,15-16,19,22H,7H2,1H3/t15-,16+,19-/m0/s1. The van der Waals surface area contributed by atoms with Crippen LogP contribution in [0.3, 0.4) is 0 Å². The van der Waals surface area contributed by atoms with Crippen molar-refractivity contribution in [2.45, 2.75) is 18.4 Å². The number of anilines is 1. The van der Waals surface area contributed by atoms with Crippen LogP contribution in [0.15, 0.2) is 59.1 Å². The van der Waals surface area contributed by atoms with Gasteiger partial charge in [0, 0.05) is 16.1 Å². The van der Waals surface area contributed by atoms with E-state index < -0.39 is 0 Å². The summed E-state index contributed by atoms with van der Waals surface area (Å²) in [5, 5.41) is 3.68. The van der Waals surface area contributed by atoms with E-state index in [9.17, 15) is 4.79 Å². The number of rotatable bonds is 2. The monoisotopic (exact) mass is 383 g/mol. The van der Waals surface area contributed by atoms with Gasteiger partial charge in [-0.1, -0.05) is 40.2 Å². The van der Waals surface area contributed by atoms with E-state index in [4.69, 9.17) is 4.74 Å². The minimum Gasteiger partial charge on any atom is -0.465 e. The summed E-state index contributed by atoms with van der Waals surface area (Å²) in [7, 11) is 1.42. The zero-order chi connectivity index (χ0) is 16.7. The summed E-state index contributed by atoms with van der Waals surface area (Å²) in [6.45, 7) is 0. The maximum atomic E-state index is 11.8. The second kappa shape index (κ2) is 6.10. The Morgan fingerprint density at radius 3 is 2.92 bits per heavy atom. The Kier molecular flexibility index (Phi) is 3.93. The molecule has 3 nitrogen and oxygen atoms in total. The third kappa shape index (κ3) is 2.55. The molecule has 0 spiro atoms. The van der Waals surface area contributed by atoms with Crippen molar-refractivity contribution in [3.05, 3.63) is 75.8 Å². The van der Waals surface area contributed by atoms with Gasteiger partial charge in [0.25, 0.3) is 0 Å². The van der Waals surface area contributed by atoms with Gasteiger partial charge in [-0.25, -0.2) is 4.79 Å². The number of hydrogen-bond donors (Lipinski definition) is 1. The molecule has 2 aliphatic rings. The Bertz CT molecular complexity index is 830. The van der Waals surface area contributed by atoms with Crippen LogP contribution >= 0.6 is 15.9 Å². The first-order valence-electron chi connectivity index (χ1n) is 8.08. The molecule has 0 aromatic heterocycles. The summed E-state index contributed by atoms with van der Waals surface area (Å²) >= 11 is 3.57. The molecule has 1 heterocycles. The van der Waals surface area contributed by atoms with Crippen molar-refractivity contribution >= 4 is 27.6 Å². The SMILES string of the molecule is COC(=O)c1ccc2c(c1)[C@H]1C=CC[C@H]1[C@H](c1cccc(Br)c1)N2. The predicted octanol–water partition coefficient (Wildman–Crippen LogP) is 5.06. The van der Waals surface area contributed by atoms with Crippen molar-refractivity contribution in [2.24, 2.45) is 5.92 Å². The third-order valence-corrected chi connectivity index (χ3v) is 5.48. The molecule has 2 aromatic rings. The van der Waals surface area contributed by atoms with E-state index >= 15 is 0 Å². The summed E-state index contributed by atoms with van der Waals surface area (Å²) in [6, 6.07) is 14.5. The van der Waals surface area contributed by atoms with Crippen molar-refractivity contribution in [1.82, 2.24) is 0 Å². The molecule has 0 amide bonds. The van der Waals surface area contributed by atoms with Gasteiger partial charge in [0.15, 0.2) is 0 Å². The van der Waals surface area contributed by atoms with E-state index in [0.29, 0.717) is 17.4 Å². The van der Waals surface area contributed by atoms with Gasteiger partial charge in [-0.15, -0.1) is 0 Å². The summed E-state index contributed by atoms with van der Waals surface area (Å²) in [5.74, 6) is 0.500. The van der Waals surface area contributed by atoms with Gasteiger partial charge in [-0.05, 0) is 53.8 Å². The molecule has 122 valence electrons. The number of methoxy groups -OCH3 is 1. The number of benzene rings is 2. The maximum Gasteiger partial charge on any atom is 0.337 e. The Labute approximate surface area is 149 Å². The number of carbonyl (C=O) groups excluding carboxylic acids is 1.